The molecule has 1 saturated carbocycles. The van der Waals surface area contributed by atoms with E-state index in [1.54, 1.807) is 20.8 Å². The lowest BCUT2D eigenvalue weighted by Crippen LogP contribution is -2.70. The molecule has 0 aliphatic heterocycles. The summed E-state index contributed by atoms with van der Waals surface area (Å²) in [6.07, 6.45) is -3.93. The van der Waals surface area contributed by atoms with E-state index in [0.717, 1.165) is 22.3 Å². The second-order valence-corrected chi connectivity index (χ2v) is 12.9. The Morgan fingerprint density at radius 2 is 0.959 bits per heavy atom. The molecule has 0 spiro atoms. The number of hydrogen-bond donors (Lipinski definition) is 1. The van der Waals surface area contributed by atoms with Crippen LogP contribution in [0.25, 0.3) is 10.4 Å². The van der Waals surface area contributed by atoms with Gasteiger partial charge >= 0.3 is 6.09 Å². The molecule has 0 aromatic heterocycles. The van der Waals surface area contributed by atoms with Gasteiger partial charge in [0.25, 0.3) is 0 Å². The van der Waals surface area contributed by atoms with Crippen LogP contribution in [-0.4, -0.2) is 48.2 Å². The second kappa shape index (κ2) is 17.6. The molecule has 0 radical (unpaired) electrons. The number of azide groups is 1. The first kappa shape index (κ1) is 35.6. The molecule has 10 heteroatoms. The quantitative estimate of drug-likeness (QED) is 0.0830. The fraction of sp³-hybridized carbons (Fsp3) is 0.359. The topological polar surface area (TPSA) is 124 Å². The van der Waals surface area contributed by atoms with E-state index in [9.17, 15) is 10.3 Å². The first-order valence-corrected chi connectivity index (χ1v) is 16.5. The van der Waals surface area contributed by atoms with Gasteiger partial charge in [0.2, 0.25) is 0 Å². The molecule has 0 bridgehead atoms. The summed E-state index contributed by atoms with van der Waals surface area (Å²) in [7, 11) is 0. The lowest BCUT2D eigenvalue weighted by Gasteiger charge is -2.49. The summed E-state index contributed by atoms with van der Waals surface area (Å²) in [5.41, 5.74) is 12.9. The number of nitrogens with one attached hydrogen (secondary N) is 1. The third-order valence-corrected chi connectivity index (χ3v) is 8.04. The number of ether oxygens (including phenoxy) is 5. The highest BCUT2D eigenvalue weighted by Gasteiger charge is 2.54. The molecular weight excluding hydrogens is 620 g/mol. The normalized spacial score (nSPS) is 22.1. The summed E-state index contributed by atoms with van der Waals surface area (Å²) in [6.45, 7) is 6.23. The summed E-state index contributed by atoms with van der Waals surface area (Å²) in [6, 6.07) is 37.1. The van der Waals surface area contributed by atoms with E-state index in [0.29, 0.717) is 0 Å². The van der Waals surface area contributed by atoms with Crippen LogP contribution < -0.4 is 5.32 Å². The smallest absolute Gasteiger partial charge is 0.407 e. The Bertz CT molecular complexity index is 1620. The SMILES string of the molecule is CC(C)(C)OC(=O)N[C@@H]1[C@H](N=[N+]=[N-])[C@H](OCc2ccccc2)[C@@H](OCc2ccccc2)[C@H](OCc2ccccc2)[C@H]1OCc1ccccc1. The van der Waals surface area contributed by atoms with Gasteiger partial charge in [-0.15, -0.1) is 0 Å². The zero-order chi connectivity index (χ0) is 34.5. The zero-order valence-electron chi connectivity index (χ0n) is 28.1. The van der Waals surface area contributed by atoms with E-state index in [1.807, 2.05) is 121 Å². The largest absolute Gasteiger partial charge is 0.444 e. The van der Waals surface area contributed by atoms with Gasteiger partial charge in [0.05, 0.1) is 44.6 Å². The van der Waals surface area contributed by atoms with E-state index >= 15 is 0 Å². The third-order valence-electron chi connectivity index (χ3n) is 8.04. The predicted octanol–water partition coefficient (Wildman–Crippen LogP) is 7.91. The molecular formula is C39H44N4O6. The minimum absolute atomic E-state index is 0.202. The predicted molar refractivity (Wildman–Crippen MR) is 186 cm³/mol. The highest BCUT2D eigenvalue weighted by molar-refractivity contribution is 5.68. The average molecular weight is 665 g/mol. The highest BCUT2D eigenvalue weighted by Crippen LogP contribution is 2.35. The molecule has 4 aromatic rings. The maximum atomic E-state index is 13.4. The lowest BCUT2D eigenvalue weighted by atomic mass is 9.80. The Morgan fingerprint density at radius 1 is 0.612 bits per heavy atom. The fourth-order valence-electron chi connectivity index (χ4n) is 5.82. The average Bonchev–Trinajstić information content (AvgIpc) is 3.10. The monoisotopic (exact) mass is 664 g/mol. The van der Waals surface area contributed by atoms with Gasteiger partial charge in [-0.05, 0) is 48.6 Å². The first-order chi connectivity index (χ1) is 23.8. The fourth-order valence-corrected chi connectivity index (χ4v) is 5.82. The molecule has 0 unspecified atom stereocenters. The molecule has 4 aromatic carbocycles. The molecule has 1 N–H and O–H groups in total. The van der Waals surface area contributed by atoms with Crippen molar-refractivity contribution in [3.8, 4) is 0 Å². The molecule has 1 aliphatic rings. The Hall–Kier alpha value is -4.70. The van der Waals surface area contributed by atoms with Crippen molar-refractivity contribution in [1.29, 1.82) is 0 Å². The van der Waals surface area contributed by atoms with Gasteiger partial charge in [-0.2, -0.15) is 0 Å². The number of benzene rings is 4. The summed E-state index contributed by atoms with van der Waals surface area (Å²) >= 11 is 0. The first-order valence-electron chi connectivity index (χ1n) is 16.5. The van der Waals surface area contributed by atoms with Gasteiger partial charge in [-0.3, -0.25) is 0 Å². The Morgan fingerprint density at radius 3 is 1.33 bits per heavy atom. The summed E-state index contributed by atoms with van der Waals surface area (Å²) in [5.74, 6) is 0. The van der Waals surface area contributed by atoms with Crippen molar-refractivity contribution < 1.29 is 28.5 Å². The number of carbonyl (C=O) groups excluding carboxylic acids is 1. The molecule has 256 valence electrons. The van der Waals surface area contributed by atoms with Crippen molar-refractivity contribution in [2.24, 2.45) is 5.11 Å². The van der Waals surface area contributed by atoms with Gasteiger partial charge in [-0.25, -0.2) is 4.79 Å². The molecule has 1 aliphatic carbocycles. The highest BCUT2D eigenvalue weighted by atomic mass is 16.6. The van der Waals surface area contributed by atoms with Crippen molar-refractivity contribution in [2.45, 2.75) is 89.3 Å². The van der Waals surface area contributed by atoms with E-state index in [4.69, 9.17) is 23.7 Å². The molecule has 10 nitrogen and oxygen atoms in total. The number of nitrogens with zero attached hydrogens (tertiary/aromatic N) is 3. The minimum atomic E-state index is -0.959. The summed E-state index contributed by atoms with van der Waals surface area (Å²) < 4.78 is 32.4. The van der Waals surface area contributed by atoms with Crippen LogP contribution in [0.3, 0.4) is 0 Å². The molecule has 1 fully saturated rings. The number of hydrogen-bond acceptors (Lipinski definition) is 7. The van der Waals surface area contributed by atoms with Gasteiger partial charge in [0.1, 0.15) is 23.9 Å². The Kier molecular flexibility index (Phi) is 12.8. The molecule has 6 atom stereocenters. The number of amides is 1. The van der Waals surface area contributed by atoms with Crippen LogP contribution in [0, 0.1) is 0 Å². The van der Waals surface area contributed by atoms with Crippen LogP contribution in [0.15, 0.2) is 126 Å². The standard InChI is InChI=1S/C39H44N4O6/c1-39(2,3)49-38(44)41-32-33(42-43-40)35(46-25-29-18-10-5-11-19-29)37(48-27-31-22-14-7-15-23-31)36(47-26-30-20-12-6-13-21-30)34(32)45-24-28-16-8-4-9-17-28/h4-23,32-37H,24-27H2,1-3H3,(H,41,44)/t32-,33+,34+,35+,36-,37-/m1/s1. The zero-order valence-corrected chi connectivity index (χ0v) is 28.1. The molecule has 0 saturated heterocycles. The van der Waals surface area contributed by atoms with Crippen molar-refractivity contribution in [3.63, 3.8) is 0 Å². The van der Waals surface area contributed by atoms with Crippen LogP contribution in [0.2, 0.25) is 0 Å². The van der Waals surface area contributed by atoms with Crippen LogP contribution in [0.4, 0.5) is 4.79 Å². The lowest BCUT2D eigenvalue weighted by molar-refractivity contribution is -0.226. The van der Waals surface area contributed by atoms with E-state index < -0.39 is 48.2 Å². The van der Waals surface area contributed by atoms with Crippen molar-refractivity contribution in [3.05, 3.63) is 154 Å². The molecule has 0 heterocycles. The van der Waals surface area contributed by atoms with Crippen LogP contribution in [-0.2, 0) is 50.1 Å². The summed E-state index contributed by atoms with van der Waals surface area (Å²) in [4.78, 5) is 16.6. The number of carbonyl (C=O) groups is 1. The van der Waals surface area contributed by atoms with Gasteiger partial charge in [0.15, 0.2) is 0 Å². The van der Waals surface area contributed by atoms with Crippen molar-refractivity contribution in [2.75, 3.05) is 0 Å². The van der Waals surface area contributed by atoms with Crippen molar-refractivity contribution >= 4 is 6.09 Å². The maximum Gasteiger partial charge on any atom is 0.407 e. The Labute approximate surface area is 287 Å². The maximum absolute atomic E-state index is 13.4. The van der Waals surface area contributed by atoms with E-state index in [1.165, 1.54) is 0 Å². The van der Waals surface area contributed by atoms with E-state index in [-0.39, 0.29) is 26.4 Å². The number of rotatable bonds is 14. The Balaban J connectivity index is 1.58. The molecule has 1 amide bonds. The van der Waals surface area contributed by atoms with Crippen LogP contribution in [0.5, 0.6) is 0 Å². The van der Waals surface area contributed by atoms with Crippen molar-refractivity contribution in [1.82, 2.24) is 5.32 Å². The van der Waals surface area contributed by atoms with Gasteiger partial charge < -0.3 is 29.0 Å². The van der Waals surface area contributed by atoms with Crippen LogP contribution >= 0.6 is 0 Å². The third kappa shape index (κ3) is 10.6. The van der Waals surface area contributed by atoms with Gasteiger partial charge in [0, 0.05) is 4.91 Å². The molecule has 49 heavy (non-hydrogen) atoms. The summed E-state index contributed by atoms with van der Waals surface area (Å²) in [5, 5.41) is 7.22. The minimum Gasteiger partial charge on any atom is -0.444 e. The van der Waals surface area contributed by atoms with Crippen LogP contribution in [0.1, 0.15) is 43.0 Å². The molecule has 5 rings (SSSR count). The second-order valence-electron chi connectivity index (χ2n) is 12.9. The van der Waals surface area contributed by atoms with E-state index in [2.05, 4.69) is 15.3 Å². The number of alkyl carbamates (subject to hydrolysis) is 1. The van der Waals surface area contributed by atoms with Gasteiger partial charge in [-0.1, -0.05) is 126 Å².